The number of hydrogen-bond donors (Lipinski definition) is 1. The molecule has 0 unspecified atom stereocenters. The van der Waals surface area contributed by atoms with Crippen LogP contribution in [0.15, 0.2) is 18.7 Å². The molecule has 1 aromatic rings. The SMILES string of the molecule is O=C(O)[C@]12CN(Cc3cncnc3)C[C@H]1CN(C1CCOCC1)C2. The lowest BCUT2D eigenvalue weighted by Gasteiger charge is -2.33. The summed E-state index contributed by atoms with van der Waals surface area (Å²) < 4.78 is 5.45. The maximum Gasteiger partial charge on any atom is 0.312 e. The molecular formula is C17H24N4O3. The van der Waals surface area contributed by atoms with Crippen molar-refractivity contribution in [2.45, 2.75) is 25.4 Å². The van der Waals surface area contributed by atoms with Gasteiger partial charge in [0.25, 0.3) is 0 Å². The highest BCUT2D eigenvalue weighted by atomic mass is 16.5. The summed E-state index contributed by atoms with van der Waals surface area (Å²) in [5, 5.41) is 9.97. The second kappa shape index (κ2) is 6.38. The zero-order valence-electron chi connectivity index (χ0n) is 13.8. The molecule has 0 aliphatic carbocycles. The predicted octanol–water partition coefficient (Wildman–Crippen LogP) is 0.474. The van der Waals surface area contributed by atoms with Gasteiger partial charge in [-0.05, 0) is 12.8 Å². The number of ether oxygens (including phenoxy) is 1. The van der Waals surface area contributed by atoms with Crippen LogP contribution in [0.2, 0.25) is 0 Å². The molecule has 0 spiro atoms. The second-order valence-electron chi connectivity index (χ2n) is 7.35. The summed E-state index contributed by atoms with van der Waals surface area (Å²) in [4.78, 5) is 24.9. The second-order valence-corrected chi connectivity index (χ2v) is 7.35. The quantitative estimate of drug-likeness (QED) is 0.859. The number of carboxylic acids is 1. The monoisotopic (exact) mass is 332 g/mol. The van der Waals surface area contributed by atoms with E-state index in [0.29, 0.717) is 19.1 Å². The van der Waals surface area contributed by atoms with Crippen LogP contribution in [0.4, 0.5) is 0 Å². The smallest absolute Gasteiger partial charge is 0.312 e. The number of aromatic nitrogens is 2. The number of aliphatic carboxylic acids is 1. The highest BCUT2D eigenvalue weighted by Crippen LogP contribution is 2.44. The molecule has 3 aliphatic heterocycles. The van der Waals surface area contributed by atoms with Gasteiger partial charge < -0.3 is 9.84 Å². The third-order valence-electron chi connectivity index (χ3n) is 5.86. The molecule has 7 heteroatoms. The van der Waals surface area contributed by atoms with E-state index < -0.39 is 11.4 Å². The summed E-state index contributed by atoms with van der Waals surface area (Å²) in [6, 6.07) is 0.483. The Morgan fingerprint density at radius 2 is 2.00 bits per heavy atom. The molecule has 3 fully saturated rings. The lowest BCUT2D eigenvalue weighted by atomic mass is 9.81. The molecule has 0 radical (unpaired) electrons. The van der Waals surface area contributed by atoms with Crippen LogP contribution in [-0.4, -0.2) is 76.3 Å². The number of carbonyl (C=O) groups is 1. The van der Waals surface area contributed by atoms with Crippen LogP contribution in [0.5, 0.6) is 0 Å². The summed E-state index contributed by atoms with van der Waals surface area (Å²) in [6.07, 6.45) is 7.18. The van der Waals surface area contributed by atoms with Crippen molar-refractivity contribution in [2.75, 3.05) is 39.4 Å². The van der Waals surface area contributed by atoms with Gasteiger partial charge in [-0.2, -0.15) is 0 Å². The summed E-state index contributed by atoms with van der Waals surface area (Å²) >= 11 is 0. The highest BCUT2D eigenvalue weighted by Gasteiger charge is 2.58. The Balaban J connectivity index is 1.46. The molecule has 0 aromatic carbocycles. The molecule has 0 bridgehead atoms. The van der Waals surface area contributed by atoms with E-state index >= 15 is 0 Å². The van der Waals surface area contributed by atoms with E-state index in [1.54, 1.807) is 0 Å². The van der Waals surface area contributed by atoms with Crippen molar-refractivity contribution < 1.29 is 14.6 Å². The number of rotatable bonds is 4. The molecule has 4 rings (SSSR count). The van der Waals surface area contributed by atoms with Crippen molar-refractivity contribution >= 4 is 5.97 Å². The minimum absolute atomic E-state index is 0.197. The van der Waals surface area contributed by atoms with E-state index in [9.17, 15) is 9.90 Å². The third kappa shape index (κ3) is 2.81. The average Bonchev–Trinajstić information content (AvgIpc) is 3.11. The Morgan fingerprint density at radius 3 is 2.67 bits per heavy atom. The van der Waals surface area contributed by atoms with E-state index in [2.05, 4.69) is 19.8 Å². The van der Waals surface area contributed by atoms with Crippen molar-refractivity contribution in [3.63, 3.8) is 0 Å². The zero-order chi connectivity index (χ0) is 16.6. The first-order valence-corrected chi connectivity index (χ1v) is 8.69. The summed E-state index contributed by atoms with van der Waals surface area (Å²) in [7, 11) is 0. The Bertz CT molecular complexity index is 593. The number of likely N-dealkylation sites (tertiary alicyclic amines) is 2. The number of nitrogens with zero attached hydrogens (tertiary/aromatic N) is 4. The van der Waals surface area contributed by atoms with Gasteiger partial charge in [0.05, 0.1) is 5.41 Å². The van der Waals surface area contributed by atoms with Gasteiger partial charge in [0, 0.05) is 75.9 Å². The van der Waals surface area contributed by atoms with Crippen LogP contribution >= 0.6 is 0 Å². The van der Waals surface area contributed by atoms with Crippen molar-refractivity contribution in [1.29, 1.82) is 0 Å². The van der Waals surface area contributed by atoms with Gasteiger partial charge in [0.2, 0.25) is 0 Å². The fourth-order valence-corrected chi connectivity index (χ4v) is 4.63. The molecule has 0 amide bonds. The molecule has 2 atom stereocenters. The minimum atomic E-state index is -0.645. The Morgan fingerprint density at radius 1 is 1.25 bits per heavy atom. The maximum atomic E-state index is 12.1. The fourth-order valence-electron chi connectivity index (χ4n) is 4.63. The number of hydrogen-bond acceptors (Lipinski definition) is 6. The molecule has 7 nitrogen and oxygen atoms in total. The topological polar surface area (TPSA) is 78.8 Å². The van der Waals surface area contributed by atoms with Crippen LogP contribution in [0.1, 0.15) is 18.4 Å². The van der Waals surface area contributed by atoms with Gasteiger partial charge in [-0.1, -0.05) is 0 Å². The largest absolute Gasteiger partial charge is 0.481 e. The van der Waals surface area contributed by atoms with E-state index in [1.807, 2.05) is 12.4 Å². The normalized spacial score (nSPS) is 32.1. The van der Waals surface area contributed by atoms with Crippen molar-refractivity contribution in [1.82, 2.24) is 19.8 Å². The van der Waals surface area contributed by atoms with Gasteiger partial charge >= 0.3 is 5.97 Å². The first-order valence-electron chi connectivity index (χ1n) is 8.69. The fraction of sp³-hybridized carbons (Fsp3) is 0.706. The zero-order valence-corrected chi connectivity index (χ0v) is 13.8. The lowest BCUT2D eigenvalue weighted by molar-refractivity contribution is -0.149. The molecule has 130 valence electrons. The Kier molecular flexibility index (Phi) is 4.24. The van der Waals surface area contributed by atoms with Crippen LogP contribution in [0.25, 0.3) is 0 Å². The first kappa shape index (κ1) is 15.9. The maximum absolute atomic E-state index is 12.1. The van der Waals surface area contributed by atoms with Crippen LogP contribution in [0, 0.1) is 11.3 Å². The van der Waals surface area contributed by atoms with Gasteiger partial charge in [-0.25, -0.2) is 9.97 Å². The minimum Gasteiger partial charge on any atom is -0.481 e. The standard InChI is InChI=1S/C17H24N4O3/c22-16(23)17-10-20(7-13-5-18-12-19-6-13)8-14(17)9-21(11-17)15-1-3-24-4-2-15/h5-6,12,14-15H,1-4,7-11H2,(H,22,23)/t14-,17-/m0/s1. The van der Waals surface area contributed by atoms with Crippen LogP contribution < -0.4 is 0 Å². The number of carboxylic acid groups (broad SMARTS) is 1. The van der Waals surface area contributed by atoms with E-state index in [-0.39, 0.29) is 5.92 Å². The Hall–Kier alpha value is -1.57. The molecule has 3 aliphatic rings. The molecule has 0 saturated carbocycles. The van der Waals surface area contributed by atoms with Crippen LogP contribution in [0.3, 0.4) is 0 Å². The van der Waals surface area contributed by atoms with Gasteiger partial charge in [0.1, 0.15) is 6.33 Å². The number of fused-ring (bicyclic) bond motifs is 1. The first-order chi connectivity index (χ1) is 11.7. The van der Waals surface area contributed by atoms with Gasteiger partial charge in [-0.3, -0.25) is 14.6 Å². The summed E-state index contributed by atoms with van der Waals surface area (Å²) in [5.74, 6) is -0.448. The van der Waals surface area contributed by atoms with Crippen molar-refractivity contribution in [3.8, 4) is 0 Å². The highest BCUT2D eigenvalue weighted by molar-refractivity contribution is 5.77. The molecule has 3 saturated heterocycles. The summed E-state index contributed by atoms with van der Waals surface area (Å²) in [6.45, 7) is 5.32. The summed E-state index contributed by atoms with van der Waals surface area (Å²) in [5.41, 5.74) is 0.410. The van der Waals surface area contributed by atoms with E-state index in [1.165, 1.54) is 6.33 Å². The van der Waals surface area contributed by atoms with Crippen LogP contribution in [-0.2, 0) is 16.1 Å². The third-order valence-corrected chi connectivity index (χ3v) is 5.86. The molecule has 1 aromatic heterocycles. The van der Waals surface area contributed by atoms with Gasteiger partial charge in [0.15, 0.2) is 0 Å². The molecule has 24 heavy (non-hydrogen) atoms. The predicted molar refractivity (Wildman–Crippen MR) is 86.3 cm³/mol. The van der Waals surface area contributed by atoms with E-state index in [0.717, 1.165) is 51.3 Å². The van der Waals surface area contributed by atoms with Gasteiger partial charge in [-0.15, -0.1) is 0 Å². The lowest BCUT2D eigenvalue weighted by Crippen LogP contribution is -2.44. The molecular weight excluding hydrogens is 308 g/mol. The van der Waals surface area contributed by atoms with Crippen molar-refractivity contribution in [2.24, 2.45) is 11.3 Å². The van der Waals surface area contributed by atoms with E-state index in [4.69, 9.17) is 4.74 Å². The molecule has 4 heterocycles. The average molecular weight is 332 g/mol. The Labute approximate surface area is 141 Å². The molecule has 1 N–H and O–H groups in total. The van der Waals surface area contributed by atoms with Crippen molar-refractivity contribution in [3.05, 3.63) is 24.3 Å².